The van der Waals surface area contributed by atoms with Crippen molar-refractivity contribution in [2.75, 3.05) is 6.54 Å². The quantitative estimate of drug-likeness (QED) is 0.688. The van der Waals surface area contributed by atoms with E-state index in [1.807, 2.05) is 24.5 Å². The van der Waals surface area contributed by atoms with Crippen molar-refractivity contribution in [2.24, 2.45) is 0 Å². The highest BCUT2D eigenvalue weighted by Crippen LogP contribution is 2.31. The van der Waals surface area contributed by atoms with Gasteiger partial charge < -0.3 is 9.30 Å². The van der Waals surface area contributed by atoms with Crippen LogP contribution in [0.25, 0.3) is 17.8 Å². The van der Waals surface area contributed by atoms with Gasteiger partial charge in [-0.2, -0.15) is 0 Å². The number of nitrogens with zero attached hydrogens (tertiary/aromatic N) is 3. The standard InChI is InChI=1S/C24H27N3O3/c1-5-16-8-6-10-20-18(16)11-12-21-19(25-15-27(20)21)14-17-9-7-13-26(22(17)28)23(29)30-24(2,3)4/h5-6,8,10,14-15H,1,7,9,11-13H2,2-4H3. The third kappa shape index (κ3) is 3.70. The Labute approximate surface area is 176 Å². The van der Waals surface area contributed by atoms with E-state index in [-0.39, 0.29) is 5.91 Å². The lowest BCUT2D eigenvalue weighted by Gasteiger charge is -2.29. The van der Waals surface area contributed by atoms with Gasteiger partial charge in [0.1, 0.15) is 11.9 Å². The maximum absolute atomic E-state index is 12.9. The van der Waals surface area contributed by atoms with E-state index in [2.05, 4.69) is 28.3 Å². The Bertz CT molecular complexity index is 1060. The van der Waals surface area contributed by atoms with E-state index < -0.39 is 11.7 Å². The van der Waals surface area contributed by atoms with Gasteiger partial charge >= 0.3 is 6.09 Å². The molecule has 0 unspecified atom stereocenters. The third-order valence-electron chi connectivity index (χ3n) is 5.45. The summed E-state index contributed by atoms with van der Waals surface area (Å²) in [7, 11) is 0. The molecule has 4 rings (SSSR count). The number of carbonyl (C=O) groups is 2. The van der Waals surface area contributed by atoms with Gasteiger partial charge in [-0.15, -0.1) is 0 Å². The van der Waals surface area contributed by atoms with E-state index in [4.69, 9.17) is 4.74 Å². The van der Waals surface area contributed by atoms with Crippen LogP contribution in [0.5, 0.6) is 0 Å². The fourth-order valence-corrected chi connectivity index (χ4v) is 4.09. The molecule has 30 heavy (non-hydrogen) atoms. The molecule has 1 aromatic heterocycles. The highest BCUT2D eigenvalue weighted by Gasteiger charge is 2.32. The number of benzene rings is 1. The van der Waals surface area contributed by atoms with Crippen molar-refractivity contribution in [3.05, 3.63) is 59.2 Å². The van der Waals surface area contributed by atoms with Crippen LogP contribution in [0.1, 0.15) is 56.1 Å². The lowest BCUT2D eigenvalue weighted by atomic mass is 9.95. The maximum Gasteiger partial charge on any atom is 0.417 e. The van der Waals surface area contributed by atoms with E-state index in [0.717, 1.165) is 41.9 Å². The number of imide groups is 1. The minimum Gasteiger partial charge on any atom is -0.443 e. The molecule has 0 atom stereocenters. The summed E-state index contributed by atoms with van der Waals surface area (Å²) in [6.07, 6.45) is 8.03. The average Bonchev–Trinajstić information content (AvgIpc) is 3.11. The molecule has 0 bridgehead atoms. The van der Waals surface area contributed by atoms with Gasteiger partial charge in [0.05, 0.1) is 17.1 Å². The molecule has 0 N–H and O–H groups in total. The minimum absolute atomic E-state index is 0.289. The van der Waals surface area contributed by atoms with Crippen LogP contribution in [0.2, 0.25) is 0 Å². The largest absolute Gasteiger partial charge is 0.443 e. The lowest BCUT2D eigenvalue weighted by Crippen LogP contribution is -2.44. The smallest absolute Gasteiger partial charge is 0.417 e. The van der Waals surface area contributed by atoms with Crippen LogP contribution in [0.15, 0.2) is 36.7 Å². The van der Waals surface area contributed by atoms with Crippen molar-refractivity contribution in [1.29, 1.82) is 0 Å². The minimum atomic E-state index is -0.640. The van der Waals surface area contributed by atoms with Crippen LogP contribution in [-0.4, -0.2) is 38.6 Å². The number of ether oxygens (including phenoxy) is 1. The number of hydrogen-bond donors (Lipinski definition) is 0. The second-order valence-corrected chi connectivity index (χ2v) is 8.71. The van der Waals surface area contributed by atoms with E-state index >= 15 is 0 Å². The molecule has 0 aliphatic carbocycles. The number of hydrogen-bond acceptors (Lipinski definition) is 4. The van der Waals surface area contributed by atoms with Gasteiger partial charge in [0.15, 0.2) is 0 Å². The van der Waals surface area contributed by atoms with Crippen molar-refractivity contribution in [2.45, 2.75) is 52.1 Å². The van der Waals surface area contributed by atoms with Crippen LogP contribution in [0.3, 0.4) is 0 Å². The summed E-state index contributed by atoms with van der Waals surface area (Å²) in [5.41, 5.74) is 5.34. The number of carbonyl (C=O) groups excluding carboxylic acids is 2. The van der Waals surface area contributed by atoms with Crippen LogP contribution in [0.4, 0.5) is 4.79 Å². The zero-order chi connectivity index (χ0) is 21.5. The van der Waals surface area contributed by atoms with Crippen molar-refractivity contribution in [1.82, 2.24) is 14.5 Å². The monoisotopic (exact) mass is 405 g/mol. The SMILES string of the molecule is C=Cc1cccc2c1CCc1c(C=C3CCCN(C(=O)OC(C)(C)C)C3=O)ncn1-2. The predicted molar refractivity (Wildman–Crippen MR) is 116 cm³/mol. The summed E-state index contributed by atoms with van der Waals surface area (Å²) in [6, 6.07) is 6.18. The molecule has 1 fully saturated rings. The molecule has 0 saturated carbocycles. The molecular weight excluding hydrogens is 378 g/mol. The fourth-order valence-electron chi connectivity index (χ4n) is 4.09. The van der Waals surface area contributed by atoms with Crippen molar-refractivity contribution < 1.29 is 14.3 Å². The van der Waals surface area contributed by atoms with Gasteiger partial charge in [0.2, 0.25) is 0 Å². The van der Waals surface area contributed by atoms with Gasteiger partial charge in [-0.25, -0.2) is 14.7 Å². The normalized spacial score (nSPS) is 17.5. The molecule has 156 valence electrons. The zero-order valence-electron chi connectivity index (χ0n) is 17.8. The molecule has 6 nitrogen and oxygen atoms in total. The molecule has 1 aromatic carbocycles. The zero-order valence-corrected chi connectivity index (χ0v) is 17.8. The first-order valence-corrected chi connectivity index (χ1v) is 10.3. The molecule has 2 aliphatic heterocycles. The summed E-state index contributed by atoms with van der Waals surface area (Å²) in [5, 5.41) is 0. The summed E-state index contributed by atoms with van der Waals surface area (Å²) in [4.78, 5) is 31.2. The van der Waals surface area contributed by atoms with Crippen LogP contribution in [0, 0.1) is 0 Å². The molecule has 0 radical (unpaired) electrons. The molecule has 3 heterocycles. The summed E-state index contributed by atoms with van der Waals surface area (Å²) >= 11 is 0. The Hall–Kier alpha value is -3.15. The second-order valence-electron chi connectivity index (χ2n) is 8.71. The van der Waals surface area contributed by atoms with E-state index in [9.17, 15) is 9.59 Å². The summed E-state index contributed by atoms with van der Waals surface area (Å²) < 4.78 is 7.49. The molecular formula is C24H27N3O3. The molecule has 2 aliphatic rings. The maximum atomic E-state index is 12.9. The van der Waals surface area contributed by atoms with Gasteiger partial charge in [-0.1, -0.05) is 24.8 Å². The van der Waals surface area contributed by atoms with Gasteiger partial charge in [0, 0.05) is 12.1 Å². The van der Waals surface area contributed by atoms with Crippen LogP contribution in [-0.2, 0) is 22.4 Å². The van der Waals surface area contributed by atoms with E-state index in [0.29, 0.717) is 18.5 Å². The Morgan fingerprint density at radius 2 is 2.03 bits per heavy atom. The van der Waals surface area contributed by atoms with Crippen LogP contribution >= 0.6 is 0 Å². The Balaban J connectivity index is 1.63. The highest BCUT2D eigenvalue weighted by atomic mass is 16.6. The van der Waals surface area contributed by atoms with Gasteiger partial charge in [-0.05, 0) is 69.7 Å². The number of rotatable bonds is 2. The van der Waals surface area contributed by atoms with E-state index in [1.54, 1.807) is 20.8 Å². The number of piperidine rings is 1. The Morgan fingerprint density at radius 1 is 1.23 bits per heavy atom. The first kappa shape index (κ1) is 20.1. The number of likely N-dealkylation sites (tertiary alicyclic amines) is 1. The summed E-state index contributed by atoms with van der Waals surface area (Å²) in [6.45, 7) is 9.68. The number of fused-ring (bicyclic) bond motifs is 3. The van der Waals surface area contributed by atoms with Crippen molar-refractivity contribution in [3.63, 3.8) is 0 Å². The third-order valence-corrected chi connectivity index (χ3v) is 5.45. The van der Waals surface area contributed by atoms with Gasteiger partial charge in [-0.3, -0.25) is 4.79 Å². The van der Waals surface area contributed by atoms with Gasteiger partial charge in [0.25, 0.3) is 5.91 Å². The number of aromatic nitrogens is 2. The first-order valence-electron chi connectivity index (χ1n) is 10.3. The first-order chi connectivity index (χ1) is 14.3. The second kappa shape index (κ2) is 7.59. The highest BCUT2D eigenvalue weighted by molar-refractivity contribution is 6.05. The number of imidazole rings is 1. The Kier molecular flexibility index (Phi) is 5.10. The molecule has 6 heteroatoms. The fraction of sp³-hybridized carbons (Fsp3) is 0.375. The molecule has 2 amide bonds. The van der Waals surface area contributed by atoms with Crippen molar-refractivity contribution >= 4 is 24.2 Å². The lowest BCUT2D eigenvalue weighted by molar-refractivity contribution is -0.127. The number of amides is 2. The van der Waals surface area contributed by atoms with E-state index in [1.165, 1.54) is 10.5 Å². The van der Waals surface area contributed by atoms with Crippen LogP contribution < -0.4 is 0 Å². The molecule has 0 spiro atoms. The van der Waals surface area contributed by atoms with Crippen molar-refractivity contribution in [3.8, 4) is 5.69 Å². The predicted octanol–water partition coefficient (Wildman–Crippen LogP) is 4.55. The molecule has 1 saturated heterocycles. The average molecular weight is 405 g/mol. The topological polar surface area (TPSA) is 64.4 Å². The Morgan fingerprint density at radius 3 is 2.77 bits per heavy atom. The molecule has 2 aromatic rings. The summed E-state index contributed by atoms with van der Waals surface area (Å²) in [5.74, 6) is -0.289.